The van der Waals surface area contributed by atoms with Gasteiger partial charge in [-0.25, -0.2) is 4.79 Å². The van der Waals surface area contributed by atoms with Crippen molar-refractivity contribution >= 4 is 34.9 Å². The smallest absolute Gasteiger partial charge is 0.380 e. The SMILES string of the molecule is C=CC[n+]1c(SC)sc(C(=O)C(=O)OCC)c1[O-]. The Balaban J connectivity index is 3.13. The molecule has 0 amide bonds. The summed E-state index contributed by atoms with van der Waals surface area (Å²) >= 11 is 2.35. The van der Waals surface area contributed by atoms with Crippen molar-refractivity contribution in [3.63, 3.8) is 0 Å². The molecule has 0 aliphatic carbocycles. The van der Waals surface area contributed by atoms with Gasteiger partial charge in [-0.1, -0.05) is 17.9 Å². The molecular formula is C11H13NO4S2. The quantitative estimate of drug-likeness (QED) is 0.193. The summed E-state index contributed by atoms with van der Waals surface area (Å²) in [5.41, 5.74) is 0. The molecular weight excluding hydrogens is 274 g/mol. The second-order valence-electron chi connectivity index (χ2n) is 3.16. The van der Waals surface area contributed by atoms with Crippen LogP contribution in [0.1, 0.15) is 16.6 Å². The van der Waals surface area contributed by atoms with Crippen molar-refractivity contribution in [1.82, 2.24) is 0 Å². The van der Waals surface area contributed by atoms with Gasteiger partial charge in [0, 0.05) is 0 Å². The van der Waals surface area contributed by atoms with Crippen molar-refractivity contribution in [3.8, 4) is 5.88 Å². The Morgan fingerprint density at radius 3 is 2.78 bits per heavy atom. The van der Waals surface area contributed by atoms with E-state index in [0.717, 1.165) is 11.3 Å². The number of thioether (sulfide) groups is 1. The highest BCUT2D eigenvalue weighted by Gasteiger charge is 2.28. The summed E-state index contributed by atoms with van der Waals surface area (Å²) in [6.45, 7) is 5.56. The van der Waals surface area contributed by atoms with Gasteiger partial charge in [0.1, 0.15) is 4.88 Å². The Morgan fingerprint density at radius 1 is 1.61 bits per heavy atom. The molecule has 1 aromatic rings. The van der Waals surface area contributed by atoms with Crippen molar-refractivity contribution in [2.45, 2.75) is 17.8 Å². The summed E-state index contributed by atoms with van der Waals surface area (Å²) in [6.07, 6.45) is 3.36. The summed E-state index contributed by atoms with van der Waals surface area (Å²) < 4.78 is 6.67. The molecule has 0 saturated carbocycles. The van der Waals surface area contributed by atoms with Gasteiger partial charge in [0.15, 0.2) is 12.4 Å². The molecule has 0 bridgehead atoms. The molecule has 18 heavy (non-hydrogen) atoms. The average molecular weight is 287 g/mol. The summed E-state index contributed by atoms with van der Waals surface area (Å²) in [5.74, 6) is -2.35. The topological polar surface area (TPSA) is 70.3 Å². The monoisotopic (exact) mass is 287 g/mol. The van der Waals surface area contributed by atoms with E-state index >= 15 is 0 Å². The van der Waals surface area contributed by atoms with Crippen LogP contribution in [0.15, 0.2) is 17.0 Å². The Labute approximate surface area is 113 Å². The second kappa shape index (κ2) is 6.55. The van der Waals surface area contributed by atoms with Crippen LogP contribution in [0.25, 0.3) is 0 Å². The lowest BCUT2D eigenvalue weighted by Crippen LogP contribution is -2.37. The number of aromatic nitrogens is 1. The van der Waals surface area contributed by atoms with Gasteiger partial charge in [-0.15, -0.1) is 0 Å². The molecule has 1 aromatic heterocycles. The molecule has 0 fully saturated rings. The predicted molar refractivity (Wildman–Crippen MR) is 66.9 cm³/mol. The molecule has 0 unspecified atom stereocenters. The first kappa shape index (κ1) is 14.7. The molecule has 0 N–H and O–H groups in total. The van der Waals surface area contributed by atoms with Gasteiger partial charge < -0.3 is 9.84 Å². The van der Waals surface area contributed by atoms with Crippen LogP contribution in [-0.4, -0.2) is 24.6 Å². The third kappa shape index (κ3) is 2.91. The van der Waals surface area contributed by atoms with E-state index in [0.29, 0.717) is 10.9 Å². The fourth-order valence-electron chi connectivity index (χ4n) is 1.26. The fourth-order valence-corrected chi connectivity index (χ4v) is 3.04. The molecule has 5 nitrogen and oxygen atoms in total. The maximum atomic E-state index is 12.0. The summed E-state index contributed by atoms with van der Waals surface area (Å²) in [4.78, 5) is 22.9. The molecule has 98 valence electrons. The highest BCUT2D eigenvalue weighted by atomic mass is 32.2. The lowest BCUT2D eigenvalue weighted by Gasteiger charge is -2.02. The molecule has 1 rings (SSSR count). The maximum absolute atomic E-state index is 12.0. The molecule has 7 heteroatoms. The van der Waals surface area contributed by atoms with E-state index in [1.54, 1.807) is 19.3 Å². The normalized spacial score (nSPS) is 10.1. The van der Waals surface area contributed by atoms with Crippen LogP contribution in [0.4, 0.5) is 0 Å². The van der Waals surface area contributed by atoms with Gasteiger partial charge in [-0.2, -0.15) is 4.57 Å². The van der Waals surface area contributed by atoms with Gasteiger partial charge in [-0.05, 0) is 31.0 Å². The molecule has 0 saturated heterocycles. The van der Waals surface area contributed by atoms with Gasteiger partial charge >= 0.3 is 5.97 Å². The van der Waals surface area contributed by atoms with Crippen molar-refractivity contribution in [2.75, 3.05) is 12.9 Å². The van der Waals surface area contributed by atoms with Crippen molar-refractivity contribution < 1.29 is 24.0 Å². The molecule has 0 aliphatic rings. The number of esters is 1. The zero-order chi connectivity index (χ0) is 13.7. The number of hydrogen-bond donors (Lipinski definition) is 0. The molecule has 0 radical (unpaired) electrons. The third-order valence-electron chi connectivity index (χ3n) is 2.00. The number of rotatable bonds is 6. The van der Waals surface area contributed by atoms with Crippen LogP contribution < -0.4 is 9.67 Å². The minimum absolute atomic E-state index is 0.103. The van der Waals surface area contributed by atoms with E-state index in [9.17, 15) is 14.7 Å². The maximum Gasteiger partial charge on any atom is 0.380 e. The number of ether oxygens (including phenoxy) is 1. The number of thiazole rings is 1. The summed E-state index contributed by atoms with van der Waals surface area (Å²) in [7, 11) is 0. The first-order valence-electron chi connectivity index (χ1n) is 5.16. The first-order valence-corrected chi connectivity index (χ1v) is 7.20. The first-order chi connectivity index (χ1) is 8.56. The van der Waals surface area contributed by atoms with E-state index < -0.39 is 17.6 Å². The van der Waals surface area contributed by atoms with Crippen LogP contribution >= 0.6 is 23.1 Å². The lowest BCUT2D eigenvalue weighted by molar-refractivity contribution is -0.752. The number of Topliss-reactive ketones (excluding diaryl/α,β-unsaturated/α-hetero) is 1. The summed E-state index contributed by atoms with van der Waals surface area (Å²) in [5, 5.41) is 12.0. The minimum Gasteiger partial charge on any atom is -0.822 e. The number of carbonyl (C=O) groups is 2. The van der Waals surface area contributed by atoms with Crippen LogP contribution in [0.5, 0.6) is 5.88 Å². The average Bonchev–Trinajstić information content (AvgIpc) is 2.67. The van der Waals surface area contributed by atoms with Gasteiger partial charge in [-0.3, -0.25) is 4.79 Å². The predicted octanol–water partition coefficient (Wildman–Crippen LogP) is 0.763. The fraction of sp³-hybridized carbons (Fsp3) is 0.364. The van der Waals surface area contributed by atoms with Crippen molar-refractivity contribution in [2.24, 2.45) is 0 Å². The Bertz CT molecular complexity index is 482. The van der Waals surface area contributed by atoms with Crippen LogP contribution in [0.2, 0.25) is 0 Å². The van der Waals surface area contributed by atoms with Crippen LogP contribution in [-0.2, 0) is 16.1 Å². The molecule has 0 aromatic carbocycles. The highest BCUT2D eigenvalue weighted by molar-refractivity contribution is 8.00. The number of hydrogen-bond acceptors (Lipinski definition) is 6. The molecule has 0 atom stereocenters. The minimum atomic E-state index is -0.991. The molecule has 0 spiro atoms. The Morgan fingerprint density at radius 2 is 2.28 bits per heavy atom. The number of carbonyl (C=O) groups excluding carboxylic acids is 2. The third-order valence-corrected chi connectivity index (χ3v) is 4.28. The van der Waals surface area contributed by atoms with Gasteiger partial charge in [0.05, 0.1) is 6.61 Å². The Hall–Kier alpha value is -1.34. The van der Waals surface area contributed by atoms with Crippen molar-refractivity contribution in [1.29, 1.82) is 0 Å². The van der Waals surface area contributed by atoms with Crippen LogP contribution in [0.3, 0.4) is 0 Å². The van der Waals surface area contributed by atoms with Crippen LogP contribution in [0, 0.1) is 0 Å². The Kier molecular flexibility index (Phi) is 5.36. The molecule has 0 aliphatic heterocycles. The molecule has 1 heterocycles. The second-order valence-corrected chi connectivity index (χ2v) is 5.21. The lowest BCUT2D eigenvalue weighted by atomic mass is 10.3. The van der Waals surface area contributed by atoms with E-state index in [1.165, 1.54) is 16.3 Å². The zero-order valence-corrected chi connectivity index (χ0v) is 11.7. The van der Waals surface area contributed by atoms with Gasteiger partial charge in [0.2, 0.25) is 0 Å². The van der Waals surface area contributed by atoms with E-state index in [4.69, 9.17) is 0 Å². The van der Waals surface area contributed by atoms with E-state index in [-0.39, 0.29) is 11.5 Å². The zero-order valence-electron chi connectivity index (χ0n) is 10.1. The summed E-state index contributed by atoms with van der Waals surface area (Å²) in [6, 6.07) is 0. The number of ketones is 1. The number of allylic oxidation sites excluding steroid dienone is 1. The van der Waals surface area contributed by atoms with Gasteiger partial charge in [0.25, 0.3) is 10.1 Å². The van der Waals surface area contributed by atoms with Crippen molar-refractivity contribution in [3.05, 3.63) is 17.5 Å². The van der Waals surface area contributed by atoms with E-state index in [2.05, 4.69) is 11.3 Å². The largest absolute Gasteiger partial charge is 0.822 e. The standard InChI is InChI=1S/C11H13NO4S2/c1-4-6-12-9(14)8(18-11(12)17-3)7(13)10(15)16-5-2/h4H,1,5-6H2,2-3H3. The van der Waals surface area contributed by atoms with E-state index in [1.807, 2.05) is 0 Å². The number of nitrogens with zero attached hydrogens (tertiary/aromatic N) is 1. The highest BCUT2D eigenvalue weighted by Crippen LogP contribution is 2.27.